The number of carbonyl (C=O) groups is 2. The van der Waals surface area contributed by atoms with Crippen LogP contribution in [0.4, 0.5) is 0 Å². The molecule has 5 heteroatoms. The topological polar surface area (TPSA) is 72.8 Å². The average Bonchev–Trinajstić information content (AvgIpc) is 2.44. The second-order valence-electron chi connectivity index (χ2n) is 4.47. The number of benzene rings is 1. The van der Waals surface area contributed by atoms with Crippen molar-refractivity contribution in [3.05, 3.63) is 29.8 Å². The Bertz CT molecular complexity index is 448. The molecule has 0 saturated carbocycles. The summed E-state index contributed by atoms with van der Waals surface area (Å²) in [6.07, 6.45) is 0.707. The van der Waals surface area contributed by atoms with Crippen LogP contribution in [0.2, 0.25) is 0 Å². The maximum atomic E-state index is 11.8. The Hall–Kier alpha value is -2.04. The van der Waals surface area contributed by atoms with E-state index in [4.69, 9.17) is 14.6 Å². The van der Waals surface area contributed by atoms with Gasteiger partial charge < -0.3 is 14.6 Å². The van der Waals surface area contributed by atoms with Gasteiger partial charge in [-0.25, -0.2) is 9.59 Å². The predicted octanol–water partition coefficient (Wildman–Crippen LogP) is 2.88. The van der Waals surface area contributed by atoms with Gasteiger partial charge in [-0.1, -0.05) is 13.8 Å². The second-order valence-corrected chi connectivity index (χ2v) is 4.47. The zero-order valence-electron chi connectivity index (χ0n) is 12.0. The lowest BCUT2D eigenvalue weighted by Crippen LogP contribution is -2.29. The quantitative estimate of drug-likeness (QED) is 0.777. The van der Waals surface area contributed by atoms with Crippen LogP contribution in [0.1, 0.15) is 44.0 Å². The first-order valence-electron chi connectivity index (χ1n) is 6.68. The third-order valence-corrected chi connectivity index (χ3v) is 2.94. The fourth-order valence-electron chi connectivity index (χ4n) is 1.64. The summed E-state index contributed by atoms with van der Waals surface area (Å²) < 4.78 is 10.7. The molecule has 1 atom stereocenters. The molecule has 0 fully saturated rings. The Morgan fingerprint density at radius 1 is 1.15 bits per heavy atom. The van der Waals surface area contributed by atoms with Crippen molar-refractivity contribution >= 4 is 11.9 Å². The molecule has 1 aromatic carbocycles. The fraction of sp³-hybridized carbons (Fsp3) is 0.467. The summed E-state index contributed by atoms with van der Waals surface area (Å²) in [5, 5.41) is 8.78. The number of carbonyl (C=O) groups excluding carboxylic acids is 1. The third kappa shape index (κ3) is 4.57. The van der Waals surface area contributed by atoms with Gasteiger partial charge in [0.15, 0.2) is 6.10 Å². The molecule has 1 rings (SSSR count). The lowest BCUT2D eigenvalue weighted by molar-refractivity contribution is -0.157. The molecule has 20 heavy (non-hydrogen) atoms. The van der Waals surface area contributed by atoms with Crippen LogP contribution in [0.25, 0.3) is 0 Å². The van der Waals surface area contributed by atoms with E-state index in [2.05, 4.69) is 0 Å². The van der Waals surface area contributed by atoms with Crippen LogP contribution in [0.3, 0.4) is 0 Å². The number of hydrogen-bond acceptors (Lipinski definition) is 4. The second kappa shape index (κ2) is 7.53. The van der Waals surface area contributed by atoms with E-state index in [1.807, 2.05) is 13.8 Å². The van der Waals surface area contributed by atoms with Crippen molar-refractivity contribution in [2.45, 2.75) is 45.8 Å². The Balaban J connectivity index is 2.58. The van der Waals surface area contributed by atoms with Gasteiger partial charge in [0, 0.05) is 0 Å². The molecule has 0 saturated heterocycles. The number of rotatable bonds is 7. The Kier molecular flexibility index (Phi) is 6.03. The molecule has 0 spiro atoms. The Labute approximate surface area is 118 Å². The van der Waals surface area contributed by atoms with Gasteiger partial charge in [-0.2, -0.15) is 0 Å². The maximum Gasteiger partial charge on any atom is 0.347 e. The van der Waals surface area contributed by atoms with Gasteiger partial charge in [0.05, 0.1) is 5.56 Å². The third-order valence-electron chi connectivity index (χ3n) is 2.94. The molecule has 5 nitrogen and oxygen atoms in total. The van der Waals surface area contributed by atoms with Crippen LogP contribution in [0.15, 0.2) is 24.3 Å². The molecule has 110 valence electrons. The minimum atomic E-state index is -1.00. The predicted molar refractivity (Wildman–Crippen MR) is 74.0 cm³/mol. The lowest BCUT2D eigenvalue weighted by atomic mass is 10.2. The standard InChI is InChI=1S/C15H20O5/c1-4-12(5-2)20-15(18)10(3)19-13-8-6-11(7-9-13)14(16)17/h6-10,12H,4-5H2,1-3H3,(H,16,17). The zero-order valence-corrected chi connectivity index (χ0v) is 12.0. The van der Waals surface area contributed by atoms with Crippen LogP contribution in [-0.2, 0) is 9.53 Å². The molecule has 1 aromatic rings. The number of carboxylic acids is 1. The fourth-order valence-corrected chi connectivity index (χ4v) is 1.64. The van der Waals surface area contributed by atoms with Crippen LogP contribution in [0, 0.1) is 0 Å². The molecule has 1 unspecified atom stereocenters. The van der Waals surface area contributed by atoms with Gasteiger partial charge in [-0.05, 0) is 44.0 Å². The average molecular weight is 280 g/mol. The molecule has 0 aliphatic carbocycles. The summed E-state index contributed by atoms with van der Waals surface area (Å²) in [7, 11) is 0. The Morgan fingerprint density at radius 3 is 2.15 bits per heavy atom. The van der Waals surface area contributed by atoms with E-state index in [1.165, 1.54) is 24.3 Å². The molecular weight excluding hydrogens is 260 g/mol. The lowest BCUT2D eigenvalue weighted by Gasteiger charge is -2.18. The summed E-state index contributed by atoms with van der Waals surface area (Å²) in [4.78, 5) is 22.5. The number of carboxylic acid groups (broad SMARTS) is 1. The van der Waals surface area contributed by atoms with Gasteiger partial charge in [-0.15, -0.1) is 0 Å². The van der Waals surface area contributed by atoms with Crippen molar-refractivity contribution in [3.8, 4) is 5.75 Å². The van der Waals surface area contributed by atoms with Crippen LogP contribution in [0.5, 0.6) is 5.75 Å². The van der Waals surface area contributed by atoms with Gasteiger partial charge in [0.2, 0.25) is 0 Å². The molecule has 0 amide bonds. The number of ether oxygens (including phenoxy) is 2. The van der Waals surface area contributed by atoms with Crippen LogP contribution in [-0.4, -0.2) is 29.3 Å². The SMILES string of the molecule is CCC(CC)OC(=O)C(C)Oc1ccc(C(=O)O)cc1. The van der Waals surface area contributed by atoms with E-state index in [9.17, 15) is 9.59 Å². The highest BCUT2D eigenvalue weighted by molar-refractivity contribution is 5.87. The smallest absolute Gasteiger partial charge is 0.347 e. The molecule has 1 N–H and O–H groups in total. The van der Waals surface area contributed by atoms with Gasteiger partial charge in [0.1, 0.15) is 11.9 Å². The van der Waals surface area contributed by atoms with Gasteiger partial charge in [0.25, 0.3) is 0 Å². The first kappa shape index (κ1) is 16.0. The Morgan fingerprint density at radius 2 is 1.70 bits per heavy atom. The van der Waals surface area contributed by atoms with E-state index < -0.39 is 18.0 Å². The molecule has 0 bridgehead atoms. The zero-order chi connectivity index (χ0) is 15.1. The highest BCUT2D eigenvalue weighted by atomic mass is 16.6. The van der Waals surface area contributed by atoms with Crippen LogP contribution < -0.4 is 4.74 Å². The minimum absolute atomic E-state index is 0.0945. The molecule has 0 heterocycles. The van der Waals surface area contributed by atoms with E-state index in [-0.39, 0.29) is 11.7 Å². The van der Waals surface area contributed by atoms with Gasteiger partial charge in [-0.3, -0.25) is 0 Å². The van der Waals surface area contributed by atoms with E-state index in [0.717, 1.165) is 12.8 Å². The maximum absolute atomic E-state index is 11.8. The van der Waals surface area contributed by atoms with Crippen molar-refractivity contribution in [1.29, 1.82) is 0 Å². The molecule has 0 radical (unpaired) electrons. The molecular formula is C15H20O5. The van der Waals surface area contributed by atoms with E-state index in [1.54, 1.807) is 6.92 Å². The normalized spacial score (nSPS) is 12.0. The van der Waals surface area contributed by atoms with Gasteiger partial charge >= 0.3 is 11.9 Å². The van der Waals surface area contributed by atoms with Crippen molar-refractivity contribution < 1.29 is 24.2 Å². The van der Waals surface area contributed by atoms with Crippen molar-refractivity contribution in [2.75, 3.05) is 0 Å². The first-order valence-corrected chi connectivity index (χ1v) is 6.68. The number of esters is 1. The van der Waals surface area contributed by atoms with Crippen molar-refractivity contribution in [3.63, 3.8) is 0 Å². The molecule has 0 aliphatic rings. The first-order chi connectivity index (χ1) is 9.47. The molecule has 0 aliphatic heterocycles. The summed E-state index contributed by atoms with van der Waals surface area (Å²) >= 11 is 0. The molecule has 0 aromatic heterocycles. The number of hydrogen-bond donors (Lipinski definition) is 1. The van der Waals surface area contributed by atoms with E-state index >= 15 is 0 Å². The highest BCUT2D eigenvalue weighted by Crippen LogP contribution is 2.15. The minimum Gasteiger partial charge on any atom is -0.479 e. The summed E-state index contributed by atoms with van der Waals surface area (Å²) in [5.74, 6) is -0.984. The summed E-state index contributed by atoms with van der Waals surface area (Å²) in [6, 6.07) is 5.89. The number of aromatic carboxylic acids is 1. The van der Waals surface area contributed by atoms with E-state index in [0.29, 0.717) is 5.75 Å². The van der Waals surface area contributed by atoms with Crippen molar-refractivity contribution in [1.82, 2.24) is 0 Å². The van der Waals surface area contributed by atoms with Crippen LogP contribution >= 0.6 is 0 Å². The monoisotopic (exact) mass is 280 g/mol. The summed E-state index contributed by atoms with van der Waals surface area (Å²) in [6.45, 7) is 5.52. The highest BCUT2D eigenvalue weighted by Gasteiger charge is 2.19. The van der Waals surface area contributed by atoms with Crippen molar-refractivity contribution in [2.24, 2.45) is 0 Å². The summed E-state index contributed by atoms with van der Waals surface area (Å²) in [5.41, 5.74) is 0.171. The largest absolute Gasteiger partial charge is 0.479 e.